The van der Waals surface area contributed by atoms with Gasteiger partial charge in [-0.05, 0) is 40.8 Å². The zero-order valence-electron chi connectivity index (χ0n) is 14.9. The van der Waals surface area contributed by atoms with Crippen LogP contribution in [0.15, 0.2) is 48.5 Å². The van der Waals surface area contributed by atoms with Gasteiger partial charge in [0.15, 0.2) is 11.5 Å². The molecule has 0 bridgehead atoms. The average Bonchev–Trinajstić information content (AvgIpc) is 3.12. The van der Waals surface area contributed by atoms with Crippen LogP contribution < -0.4 is 14.8 Å². The fourth-order valence-corrected chi connectivity index (χ4v) is 2.67. The van der Waals surface area contributed by atoms with Crippen molar-refractivity contribution in [3.63, 3.8) is 0 Å². The van der Waals surface area contributed by atoms with Crippen LogP contribution in [-0.4, -0.2) is 24.4 Å². The lowest BCUT2D eigenvalue weighted by Crippen LogP contribution is -2.26. The Kier molecular flexibility index (Phi) is 5.58. The average molecular weight is 353 g/mol. The second kappa shape index (κ2) is 8.06. The molecule has 136 valence electrons. The first-order valence-corrected chi connectivity index (χ1v) is 8.66. The van der Waals surface area contributed by atoms with E-state index in [0.717, 1.165) is 11.1 Å². The van der Waals surface area contributed by atoms with E-state index in [2.05, 4.69) is 19.2 Å². The molecule has 3 rings (SSSR count). The van der Waals surface area contributed by atoms with Crippen LogP contribution in [0.4, 0.5) is 0 Å². The van der Waals surface area contributed by atoms with Gasteiger partial charge in [0.2, 0.25) is 12.7 Å². The fraction of sp³-hybridized carbons (Fsp3) is 0.286. The Morgan fingerprint density at radius 1 is 1.12 bits per heavy atom. The molecule has 5 heteroatoms. The van der Waals surface area contributed by atoms with Crippen molar-refractivity contribution in [3.05, 3.63) is 65.2 Å². The highest BCUT2D eigenvalue weighted by Gasteiger charge is 2.12. The molecule has 0 saturated carbocycles. The number of hydrogen-bond donors (Lipinski definition) is 2. The minimum absolute atomic E-state index is 0.158. The minimum Gasteiger partial charge on any atom is -0.454 e. The molecule has 2 N–H and O–H groups in total. The summed E-state index contributed by atoms with van der Waals surface area (Å²) in [4.78, 5) is 12.0. The Labute approximate surface area is 153 Å². The summed E-state index contributed by atoms with van der Waals surface area (Å²) in [6, 6.07) is 13.3. The SMILES string of the molecule is CC(C)c1ccc(C(O)CNC(=O)/C=C/c2ccc3c(c2)OCO3)cc1. The number of carbonyl (C=O) groups excluding carboxylic acids is 1. The van der Waals surface area contributed by atoms with E-state index in [4.69, 9.17) is 9.47 Å². The van der Waals surface area contributed by atoms with Crippen LogP contribution in [0, 0.1) is 0 Å². The molecule has 0 fully saturated rings. The van der Waals surface area contributed by atoms with Gasteiger partial charge in [-0.25, -0.2) is 0 Å². The van der Waals surface area contributed by atoms with Crippen molar-refractivity contribution in [2.75, 3.05) is 13.3 Å². The normalized spacial score (nSPS) is 14.0. The van der Waals surface area contributed by atoms with Crippen LogP contribution >= 0.6 is 0 Å². The molecule has 2 aromatic rings. The third kappa shape index (κ3) is 4.43. The summed E-state index contributed by atoms with van der Waals surface area (Å²) in [6.45, 7) is 4.63. The molecular formula is C21H23NO4. The number of aliphatic hydroxyl groups excluding tert-OH is 1. The monoisotopic (exact) mass is 353 g/mol. The molecule has 1 atom stereocenters. The van der Waals surface area contributed by atoms with Crippen LogP contribution in [0.3, 0.4) is 0 Å². The van der Waals surface area contributed by atoms with Crippen molar-refractivity contribution >= 4 is 12.0 Å². The Hall–Kier alpha value is -2.79. The number of ether oxygens (including phenoxy) is 2. The third-order valence-corrected chi connectivity index (χ3v) is 4.28. The standard InChI is InChI=1S/C21H23NO4/c1-14(2)16-5-7-17(8-6-16)18(23)12-22-21(24)10-4-15-3-9-19-20(11-15)26-13-25-19/h3-11,14,18,23H,12-13H2,1-2H3,(H,22,24)/b10-4+. The van der Waals surface area contributed by atoms with Gasteiger partial charge < -0.3 is 19.9 Å². The maximum Gasteiger partial charge on any atom is 0.244 e. The smallest absolute Gasteiger partial charge is 0.244 e. The summed E-state index contributed by atoms with van der Waals surface area (Å²) in [7, 11) is 0. The summed E-state index contributed by atoms with van der Waals surface area (Å²) in [5, 5.41) is 12.9. The molecule has 0 radical (unpaired) electrons. The highest BCUT2D eigenvalue weighted by Crippen LogP contribution is 2.32. The van der Waals surface area contributed by atoms with E-state index in [1.807, 2.05) is 42.5 Å². The number of nitrogens with one attached hydrogen (secondary N) is 1. The Balaban J connectivity index is 1.51. The first-order valence-electron chi connectivity index (χ1n) is 8.66. The Morgan fingerprint density at radius 2 is 1.81 bits per heavy atom. The topological polar surface area (TPSA) is 67.8 Å². The second-order valence-corrected chi connectivity index (χ2v) is 6.53. The molecule has 0 aromatic heterocycles. The zero-order valence-corrected chi connectivity index (χ0v) is 14.9. The predicted octanol–water partition coefficient (Wildman–Crippen LogP) is 3.40. The summed E-state index contributed by atoms with van der Waals surface area (Å²) in [5.74, 6) is 1.56. The molecule has 2 aromatic carbocycles. The molecule has 0 spiro atoms. The zero-order chi connectivity index (χ0) is 18.5. The van der Waals surface area contributed by atoms with Crippen molar-refractivity contribution in [2.45, 2.75) is 25.9 Å². The molecule has 1 amide bonds. The maximum absolute atomic E-state index is 12.0. The third-order valence-electron chi connectivity index (χ3n) is 4.28. The van der Waals surface area contributed by atoms with Crippen LogP contribution in [0.1, 0.15) is 42.6 Å². The van der Waals surface area contributed by atoms with Crippen LogP contribution in [0.2, 0.25) is 0 Å². The molecule has 0 aliphatic carbocycles. The van der Waals surface area contributed by atoms with Crippen molar-refractivity contribution in [1.29, 1.82) is 0 Å². The molecular weight excluding hydrogens is 330 g/mol. The number of rotatable bonds is 6. The summed E-state index contributed by atoms with van der Waals surface area (Å²) in [5.41, 5.74) is 2.85. The van der Waals surface area contributed by atoms with Gasteiger partial charge in [-0.15, -0.1) is 0 Å². The van der Waals surface area contributed by atoms with Crippen molar-refractivity contribution in [3.8, 4) is 11.5 Å². The van der Waals surface area contributed by atoms with E-state index in [1.165, 1.54) is 11.6 Å². The first kappa shape index (κ1) is 18.0. The lowest BCUT2D eigenvalue weighted by atomic mass is 10.00. The summed E-state index contributed by atoms with van der Waals surface area (Å²) >= 11 is 0. The van der Waals surface area contributed by atoms with Gasteiger partial charge in [0.1, 0.15) is 0 Å². The number of hydrogen-bond acceptors (Lipinski definition) is 4. The summed E-state index contributed by atoms with van der Waals surface area (Å²) in [6.07, 6.45) is 2.40. The van der Waals surface area contributed by atoms with E-state index in [9.17, 15) is 9.90 Å². The highest BCUT2D eigenvalue weighted by molar-refractivity contribution is 5.91. The second-order valence-electron chi connectivity index (χ2n) is 6.53. The van der Waals surface area contributed by atoms with E-state index >= 15 is 0 Å². The first-order chi connectivity index (χ1) is 12.5. The van der Waals surface area contributed by atoms with Crippen molar-refractivity contribution in [2.24, 2.45) is 0 Å². The van der Waals surface area contributed by atoms with Gasteiger partial charge in [-0.1, -0.05) is 44.2 Å². The van der Waals surface area contributed by atoms with Crippen LogP contribution in [0.5, 0.6) is 11.5 Å². The van der Waals surface area contributed by atoms with Gasteiger partial charge in [0, 0.05) is 12.6 Å². The van der Waals surface area contributed by atoms with E-state index in [1.54, 1.807) is 6.08 Å². The van der Waals surface area contributed by atoms with Gasteiger partial charge in [0.25, 0.3) is 0 Å². The number of amides is 1. The van der Waals surface area contributed by atoms with Crippen LogP contribution in [-0.2, 0) is 4.79 Å². The van der Waals surface area contributed by atoms with Crippen LogP contribution in [0.25, 0.3) is 6.08 Å². The largest absolute Gasteiger partial charge is 0.454 e. The van der Waals surface area contributed by atoms with Gasteiger partial charge in [0.05, 0.1) is 6.10 Å². The number of aliphatic hydroxyl groups is 1. The molecule has 0 saturated heterocycles. The van der Waals surface area contributed by atoms with Crippen molar-refractivity contribution in [1.82, 2.24) is 5.32 Å². The lowest BCUT2D eigenvalue weighted by molar-refractivity contribution is -0.116. The Bertz CT molecular complexity index is 796. The van der Waals surface area contributed by atoms with Crippen molar-refractivity contribution < 1.29 is 19.4 Å². The molecule has 5 nitrogen and oxygen atoms in total. The van der Waals surface area contributed by atoms with Gasteiger partial charge in [-0.2, -0.15) is 0 Å². The Morgan fingerprint density at radius 3 is 2.54 bits per heavy atom. The minimum atomic E-state index is -0.737. The van der Waals surface area contributed by atoms with Gasteiger partial charge in [-0.3, -0.25) is 4.79 Å². The van der Waals surface area contributed by atoms with E-state index < -0.39 is 6.10 Å². The van der Waals surface area contributed by atoms with Gasteiger partial charge >= 0.3 is 0 Å². The predicted molar refractivity (Wildman–Crippen MR) is 100 cm³/mol. The number of benzene rings is 2. The lowest BCUT2D eigenvalue weighted by Gasteiger charge is -2.13. The highest BCUT2D eigenvalue weighted by atomic mass is 16.7. The number of fused-ring (bicyclic) bond motifs is 1. The van der Waals surface area contributed by atoms with E-state index in [0.29, 0.717) is 17.4 Å². The molecule has 1 heterocycles. The number of carbonyl (C=O) groups is 1. The fourth-order valence-electron chi connectivity index (χ4n) is 2.67. The maximum atomic E-state index is 12.0. The molecule has 26 heavy (non-hydrogen) atoms. The summed E-state index contributed by atoms with van der Waals surface area (Å²) < 4.78 is 10.6. The molecule has 1 unspecified atom stereocenters. The molecule has 1 aliphatic rings. The quantitative estimate of drug-likeness (QED) is 0.781. The molecule has 1 aliphatic heterocycles. The van der Waals surface area contributed by atoms with E-state index in [-0.39, 0.29) is 19.2 Å².